The number of anilines is 1. The van der Waals surface area contributed by atoms with Crippen molar-refractivity contribution in [3.63, 3.8) is 0 Å². The van der Waals surface area contributed by atoms with Crippen molar-refractivity contribution in [2.45, 2.75) is 25.3 Å². The van der Waals surface area contributed by atoms with Crippen LogP contribution in [0.25, 0.3) is 0 Å². The number of fused-ring (bicyclic) bond motifs is 1. The minimum absolute atomic E-state index is 0.0431. The van der Waals surface area contributed by atoms with Gasteiger partial charge in [0.25, 0.3) is 11.8 Å². The first-order valence-electron chi connectivity index (χ1n) is 10.4. The molecule has 0 aromatic carbocycles. The molecule has 2 amide bonds. The summed E-state index contributed by atoms with van der Waals surface area (Å²) < 4.78 is 15.3. The molecule has 13 nitrogen and oxygen atoms in total. The minimum Gasteiger partial charge on any atom is -0.427 e. The predicted molar refractivity (Wildman–Crippen MR) is 130 cm³/mol. The lowest BCUT2D eigenvalue weighted by atomic mass is 9.94. The Bertz CT molecular complexity index is 1150. The molecule has 2 aliphatic heterocycles. The number of hydrogen-bond donors (Lipinski definition) is 3. The molecule has 194 valence electrons. The zero-order valence-electron chi connectivity index (χ0n) is 19.7. The molecular weight excluding hydrogens is 514 g/mol. The molecule has 0 bridgehead atoms. The van der Waals surface area contributed by atoms with Crippen molar-refractivity contribution >= 4 is 57.7 Å². The van der Waals surface area contributed by atoms with Gasteiger partial charge < -0.3 is 30.5 Å². The van der Waals surface area contributed by atoms with Crippen LogP contribution < -0.4 is 11.1 Å². The molecule has 3 heterocycles. The Morgan fingerprint density at radius 3 is 2.72 bits per heavy atom. The summed E-state index contributed by atoms with van der Waals surface area (Å²) in [4.78, 5) is 55.7. The number of nitrogens with zero attached hydrogens (tertiary/aromatic N) is 3. The molecule has 1 saturated heterocycles. The average molecular weight is 540 g/mol. The summed E-state index contributed by atoms with van der Waals surface area (Å²) in [6.07, 6.45) is 1.41. The number of rotatable bonds is 10. The number of oxime groups is 1. The third-order valence-electron chi connectivity index (χ3n) is 5.34. The van der Waals surface area contributed by atoms with E-state index in [0.29, 0.717) is 11.3 Å². The number of nitrogens with one attached hydrogen (secondary N) is 1. The van der Waals surface area contributed by atoms with Gasteiger partial charge in [-0.1, -0.05) is 11.2 Å². The molecular formula is C21H25N5O8S2. The molecule has 2 aliphatic rings. The quantitative estimate of drug-likeness (QED) is 0.0714. The summed E-state index contributed by atoms with van der Waals surface area (Å²) in [5.74, 6) is -2.63. The van der Waals surface area contributed by atoms with Crippen LogP contribution in [-0.4, -0.2) is 82.2 Å². The lowest BCUT2D eigenvalue weighted by Gasteiger charge is -2.49. The topological polar surface area (TPSA) is 183 Å². The van der Waals surface area contributed by atoms with E-state index in [1.807, 2.05) is 0 Å². The Hall–Kier alpha value is -3.43. The number of nitrogen functional groups attached to an aromatic ring is 1. The number of amides is 2. The second-order valence-electron chi connectivity index (χ2n) is 8.17. The lowest BCUT2D eigenvalue weighted by Crippen LogP contribution is -2.71. The van der Waals surface area contributed by atoms with Crippen LogP contribution in [0, 0.1) is 5.41 Å². The van der Waals surface area contributed by atoms with Gasteiger partial charge in [-0.25, -0.2) is 9.78 Å². The van der Waals surface area contributed by atoms with Gasteiger partial charge in [-0.2, -0.15) is 0 Å². The molecule has 1 fully saturated rings. The highest BCUT2D eigenvalue weighted by atomic mass is 32.2. The fraction of sp³-hybridized carbons (Fsp3) is 0.429. The first-order chi connectivity index (χ1) is 17.0. The molecule has 3 rings (SSSR count). The molecule has 36 heavy (non-hydrogen) atoms. The van der Waals surface area contributed by atoms with E-state index in [9.17, 15) is 24.4 Å². The van der Waals surface area contributed by atoms with Gasteiger partial charge in [0.05, 0.1) is 12.0 Å². The average Bonchev–Trinajstić information content (AvgIpc) is 3.28. The van der Waals surface area contributed by atoms with Crippen LogP contribution >= 0.6 is 23.1 Å². The van der Waals surface area contributed by atoms with Gasteiger partial charge in [-0.15, -0.1) is 29.7 Å². The summed E-state index contributed by atoms with van der Waals surface area (Å²) in [6.45, 7) is 6.14. The molecule has 1 unspecified atom stereocenters. The number of ether oxygens (including phenoxy) is 3. The summed E-state index contributed by atoms with van der Waals surface area (Å²) in [5.41, 5.74) is 4.69. The highest BCUT2D eigenvalue weighted by Crippen LogP contribution is 2.40. The normalized spacial score (nSPS) is 19.8. The molecule has 4 N–H and O–H groups in total. The van der Waals surface area contributed by atoms with E-state index in [1.54, 1.807) is 13.8 Å². The zero-order chi connectivity index (χ0) is 26.6. The fourth-order valence-electron chi connectivity index (χ4n) is 3.25. The van der Waals surface area contributed by atoms with Crippen molar-refractivity contribution in [2.24, 2.45) is 10.6 Å². The van der Waals surface area contributed by atoms with Crippen molar-refractivity contribution in [3.05, 3.63) is 35.0 Å². The van der Waals surface area contributed by atoms with Crippen molar-refractivity contribution < 1.29 is 38.6 Å². The van der Waals surface area contributed by atoms with Crippen molar-refractivity contribution in [2.75, 3.05) is 32.0 Å². The van der Waals surface area contributed by atoms with Gasteiger partial charge in [-0.05, 0) is 19.4 Å². The monoisotopic (exact) mass is 539 g/mol. The molecule has 15 heteroatoms. The van der Waals surface area contributed by atoms with Gasteiger partial charge in [0.1, 0.15) is 22.8 Å². The summed E-state index contributed by atoms with van der Waals surface area (Å²) in [6, 6.07) is -1.01. The SMILES string of the molecule is C=CC(C)(C)C(=O)OCOC(=O)C1=C(COC)CS[C@@H]2C(NC(=O)/C(=N\O)c3csc(N)n3)C(=O)N12. The molecule has 0 radical (unpaired) electrons. The van der Waals surface area contributed by atoms with Crippen molar-refractivity contribution in [1.82, 2.24) is 15.2 Å². The Morgan fingerprint density at radius 1 is 1.42 bits per heavy atom. The minimum atomic E-state index is -1.01. The predicted octanol–water partition coefficient (Wildman–Crippen LogP) is 0.460. The fourth-order valence-corrected chi connectivity index (χ4v) is 5.13. The molecule has 2 atom stereocenters. The van der Waals surface area contributed by atoms with Crippen LogP contribution in [-0.2, 0) is 33.4 Å². The van der Waals surface area contributed by atoms with E-state index in [-0.39, 0.29) is 23.1 Å². The summed E-state index contributed by atoms with van der Waals surface area (Å²) >= 11 is 2.35. The number of β-lactam (4-membered cyclic amide) rings is 1. The number of hydrogen-bond acceptors (Lipinski definition) is 13. The molecule has 0 aliphatic carbocycles. The van der Waals surface area contributed by atoms with Crippen molar-refractivity contribution in [1.29, 1.82) is 0 Å². The summed E-state index contributed by atoms with van der Waals surface area (Å²) in [5, 5.41) is 15.7. The Labute approximate surface area is 214 Å². The number of thioether (sulfide) groups is 1. The largest absolute Gasteiger partial charge is 0.427 e. The van der Waals surface area contributed by atoms with E-state index in [0.717, 1.165) is 11.3 Å². The Kier molecular flexibility index (Phi) is 8.37. The van der Waals surface area contributed by atoms with Gasteiger partial charge >= 0.3 is 11.9 Å². The second-order valence-corrected chi connectivity index (χ2v) is 10.2. The highest BCUT2D eigenvalue weighted by molar-refractivity contribution is 8.00. The van der Waals surface area contributed by atoms with E-state index in [4.69, 9.17) is 19.9 Å². The molecule has 1 aromatic rings. The first-order valence-corrected chi connectivity index (χ1v) is 12.4. The smallest absolute Gasteiger partial charge is 0.358 e. The van der Waals surface area contributed by atoms with Crippen molar-refractivity contribution in [3.8, 4) is 0 Å². The standard InChI is InChI=1S/C21H25N5O8S2/c1-5-21(2,3)19(30)34-9-33-18(29)14-10(6-32-4)7-35-17-13(16(28)26(14)17)24-15(27)12(25-31)11-8-36-20(22)23-11/h5,8,13,17,31H,1,6-7,9H2,2-4H3,(H2,22,23)(H,24,27)/b25-12-/t13?,17-/m1/s1. The van der Waals surface area contributed by atoms with Crippen LogP contribution in [0.2, 0.25) is 0 Å². The van der Waals surface area contributed by atoms with Gasteiger partial charge in [0.2, 0.25) is 6.79 Å². The third kappa shape index (κ3) is 5.37. The number of esters is 2. The van der Waals surface area contributed by atoms with E-state index in [2.05, 4.69) is 22.0 Å². The molecule has 0 saturated carbocycles. The Balaban J connectivity index is 1.71. The van der Waals surface area contributed by atoms with E-state index < -0.39 is 53.1 Å². The lowest BCUT2D eigenvalue weighted by molar-refractivity contribution is -0.172. The number of methoxy groups -OCH3 is 1. The second kappa shape index (κ2) is 11.1. The van der Waals surface area contributed by atoms with Crippen LogP contribution in [0.3, 0.4) is 0 Å². The maximum absolute atomic E-state index is 13.0. The molecule has 1 aromatic heterocycles. The Morgan fingerprint density at radius 2 is 2.14 bits per heavy atom. The molecule has 0 spiro atoms. The van der Waals surface area contributed by atoms with Gasteiger partial charge in [0.15, 0.2) is 10.8 Å². The maximum atomic E-state index is 13.0. The number of carbonyl (C=O) groups is 4. The highest BCUT2D eigenvalue weighted by Gasteiger charge is 2.54. The third-order valence-corrected chi connectivity index (χ3v) is 7.36. The first kappa shape index (κ1) is 27.2. The van der Waals surface area contributed by atoms with Crippen LogP contribution in [0.15, 0.2) is 34.5 Å². The number of thiazole rings is 1. The number of aromatic nitrogens is 1. The van der Waals surface area contributed by atoms with E-state index in [1.165, 1.54) is 35.2 Å². The van der Waals surface area contributed by atoms with Gasteiger partial charge in [-0.3, -0.25) is 19.3 Å². The van der Waals surface area contributed by atoms with Crippen LogP contribution in [0.4, 0.5) is 5.13 Å². The number of nitrogens with two attached hydrogens (primary N) is 1. The van der Waals surface area contributed by atoms with Gasteiger partial charge in [0, 0.05) is 18.2 Å². The summed E-state index contributed by atoms with van der Waals surface area (Å²) in [7, 11) is 1.44. The number of carbonyl (C=O) groups excluding carboxylic acids is 4. The zero-order valence-corrected chi connectivity index (χ0v) is 21.3. The van der Waals surface area contributed by atoms with Crippen LogP contribution in [0.1, 0.15) is 19.5 Å². The maximum Gasteiger partial charge on any atom is 0.358 e. The van der Waals surface area contributed by atoms with E-state index >= 15 is 0 Å². The van der Waals surface area contributed by atoms with Crippen LogP contribution in [0.5, 0.6) is 0 Å².